The second-order valence-electron chi connectivity index (χ2n) is 6.78. The Bertz CT molecular complexity index is 373. The first-order chi connectivity index (χ1) is 10.0. The standard InChI is InChI=1S/C16H28N2O3/c1-12-5-2-3-7-14(12)17-15(19)11-18-8-4-6-13(10-18)9-16(20)21/h12-14H,2-11H2,1H3,(H,17,19)(H,20,21). The number of aliphatic carboxylic acids is 1. The van der Waals surface area contributed by atoms with Gasteiger partial charge >= 0.3 is 5.97 Å². The Morgan fingerprint density at radius 3 is 2.67 bits per heavy atom. The molecule has 1 aliphatic carbocycles. The van der Waals surface area contributed by atoms with E-state index in [9.17, 15) is 9.59 Å². The molecular weight excluding hydrogens is 268 g/mol. The van der Waals surface area contributed by atoms with Crippen molar-refractivity contribution in [1.29, 1.82) is 0 Å². The third-order valence-corrected chi connectivity index (χ3v) is 4.89. The number of hydrogen-bond donors (Lipinski definition) is 2. The van der Waals surface area contributed by atoms with Crippen molar-refractivity contribution in [2.24, 2.45) is 11.8 Å². The Kier molecular flexibility index (Phi) is 6.03. The quantitative estimate of drug-likeness (QED) is 0.812. The van der Waals surface area contributed by atoms with Crippen LogP contribution in [0.15, 0.2) is 0 Å². The molecule has 0 bridgehead atoms. The highest BCUT2D eigenvalue weighted by Gasteiger charge is 2.26. The molecule has 0 radical (unpaired) electrons. The van der Waals surface area contributed by atoms with Crippen LogP contribution in [-0.2, 0) is 9.59 Å². The minimum Gasteiger partial charge on any atom is -0.481 e. The third-order valence-electron chi connectivity index (χ3n) is 4.89. The minimum atomic E-state index is -0.734. The Labute approximate surface area is 127 Å². The van der Waals surface area contributed by atoms with Crippen molar-refractivity contribution in [1.82, 2.24) is 10.2 Å². The van der Waals surface area contributed by atoms with Crippen LogP contribution in [0.1, 0.15) is 51.9 Å². The van der Waals surface area contributed by atoms with Crippen LogP contribution in [0.2, 0.25) is 0 Å². The Morgan fingerprint density at radius 2 is 1.95 bits per heavy atom. The maximum atomic E-state index is 12.2. The van der Waals surface area contributed by atoms with E-state index in [-0.39, 0.29) is 18.2 Å². The zero-order chi connectivity index (χ0) is 15.2. The number of nitrogens with one attached hydrogen (secondary N) is 1. The molecule has 1 aliphatic heterocycles. The van der Waals surface area contributed by atoms with E-state index in [2.05, 4.69) is 17.1 Å². The third kappa shape index (κ3) is 5.30. The molecule has 2 rings (SSSR count). The van der Waals surface area contributed by atoms with Crippen molar-refractivity contribution in [3.05, 3.63) is 0 Å². The monoisotopic (exact) mass is 296 g/mol. The maximum absolute atomic E-state index is 12.2. The summed E-state index contributed by atoms with van der Waals surface area (Å²) < 4.78 is 0. The van der Waals surface area contributed by atoms with Crippen LogP contribution in [0.3, 0.4) is 0 Å². The van der Waals surface area contributed by atoms with Crippen molar-refractivity contribution in [2.45, 2.75) is 57.9 Å². The zero-order valence-electron chi connectivity index (χ0n) is 13.0. The summed E-state index contributed by atoms with van der Waals surface area (Å²) in [5.74, 6) is 0.133. The van der Waals surface area contributed by atoms with E-state index in [1.807, 2.05) is 0 Å². The lowest BCUT2D eigenvalue weighted by molar-refractivity contribution is -0.138. The first-order valence-corrected chi connectivity index (χ1v) is 8.28. The first-order valence-electron chi connectivity index (χ1n) is 8.28. The second kappa shape index (κ2) is 7.78. The van der Waals surface area contributed by atoms with Crippen LogP contribution < -0.4 is 5.32 Å². The number of nitrogens with zero attached hydrogens (tertiary/aromatic N) is 1. The average molecular weight is 296 g/mol. The predicted octanol–water partition coefficient (Wildman–Crippen LogP) is 1.87. The van der Waals surface area contributed by atoms with Crippen LogP contribution in [-0.4, -0.2) is 47.6 Å². The summed E-state index contributed by atoms with van der Waals surface area (Å²) in [5, 5.41) is 12.1. The van der Waals surface area contributed by atoms with Crippen molar-refractivity contribution in [3.63, 3.8) is 0 Å². The number of carbonyl (C=O) groups excluding carboxylic acids is 1. The molecule has 0 aromatic heterocycles. The fourth-order valence-electron chi connectivity index (χ4n) is 3.69. The Hall–Kier alpha value is -1.10. The van der Waals surface area contributed by atoms with Gasteiger partial charge in [0.05, 0.1) is 6.54 Å². The fraction of sp³-hybridized carbons (Fsp3) is 0.875. The molecule has 2 N–H and O–H groups in total. The van der Waals surface area contributed by atoms with Gasteiger partial charge in [0.1, 0.15) is 0 Å². The van der Waals surface area contributed by atoms with Crippen LogP contribution in [0.4, 0.5) is 0 Å². The van der Waals surface area contributed by atoms with Gasteiger partial charge in [-0.05, 0) is 44.1 Å². The summed E-state index contributed by atoms with van der Waals surface area (Å²) in [7, 11) is 0. The maximum Gasteiger partial charge on any atom is 0.303 e. The second-order valence-corrected chi connectivity index (χ2v) is 6.78. The van der Waals surface area contributed by atoms with E-state index in [0.29, 0.717) is 18.5 Å². The number of carboxylic acid groups (broad SMARTS) is 1. The van der Waals surface area contributed by atoms with Crippen LogP contribution >= 0.6 is 0 Å². The Balaban J connectivity index is 1.75. The molecule has 3 atom stereocenters. The number of amides is 1. The lowest BCUT2D eigenvalue weighted by Gasteiger charge is -2.33. The van der Waals surface area contributed by atoms with E-state index in [0.717, 1.165) is 32.4 Å². The van der Waals surface area contributed by atoms with Crippen LogP contribution in [0, 0.1) is 11.8 Å². The molecule has 0 spiro atoms. The zero-order valence-corrected chi connectivity index (χ0v) is 13.0. The topological polar surface area (TPSA) is 69.6 Å². The molecule has 1 saturated heterocycles. The number of rotatable bonds is 5. The van der Waals surface area contributed by atoms with Gasteiger partial charge in [-0.2, -0.15) is 0 Å². The molecular formula is C16H28N2O3. The number of carbonyl (C=O) groups is 2. The predicted molar refractivity (Wildman–Crippen MR) is 81.0 cm³/mol. The molecule has 3 unspecified atom stereocenters. The van der Waals surface area contributed by atoms with E-state index < -0.39 is 5.97 Å². The van der Waals surface area contributed by atoms with Crippen molar-refractivity contribution >= 4 is 11.9 Å². The van der Waals surface area contributed by atoms with Gasteiger partial charge in [-0.3, -0.25) is 14.5 Å². The number of piperidine rings is 1. The highest BCUT2D eigenvalue weighted by Crippen LogP contribution is 2.24. The molecule has 2 fully saturated rings. The Morgan fingerprint density at radius 1 is 1.19 bits per heavy atom. The van der Waals surface area contributed by atoms with Gasteiger partial charge in [0, 0.05) is 19.0 Å². The number of carboxylic acids is 1. The van der Waals surface area contributed by atoms with Gasteiger partial charge in [0.25, 0.3) is 0 Å². The summed E-state index contributed by atoms with van der Waals surface area (Å²) in [5.41, 5.74) is 0. The highest BCUT2D eigenvalue weighted by molar-refractivity contribution is 5.78. The summed E-state index contributed by atoms with van der Waals surface area (Å²) in [6.45, 7) is 4.27. The minimum absolute atomic E-state index is 0.102. The van der Waals surface area contributed by atoms with Crippen molar-refractivity contribution in [3.8, 4) is 0 Å². The van der Waals surface area contributed by atoms with E-state index >= 15 is 0 Å². The molecule has 0 aromatic rings. The van der Waals surface area contributed by atoms with E-state index in [1.165, 1.54) is 19.3 Å². The molecule has 1 amide bonds. The van der Waals surface area contributed by atoms with Gasteiger partial charge in [-0.1, -0.05) is 19.8 Å². The highest BCUT2D eigenvalue weighted by atomic mass is 16.4. The smallest absolute Gasteiger partial charge is 0.303 e. The largest absolute Gasteiger partial charge is 0.481 e. The number of hydrogen-bond acceptors (Lipinski definition) is 3. The van der Waals surface area contributed by atoms with Crippen LogP contribution in [0.25, 0.3) is 0 Å². The van der Waals surface area contributed by atoms with Gasteiger partial charge in [0.15, 0.2) is 0 Å². The van der Waals surface area contributed by atoms with E-state index in [4.69, 9.17) is 5.11 Å². The lowest BCUT2D eigenvalue weighted by atomic mass is 9.86. The average Bonchev–Trinajstić information content (AvgIpc) is 2.41. The van der Waals surface area contributed by atoms with Gasteiger partial charge in [0.2, 0.25) is 5.91 Å². The van der Waals surface area contributed by atoms with Crippen LogP contribution in [0.5, 0.6) is 0 Å². The summed E-state index contributed by atoms with van der Waals surface area (Å²) in [6.07, 6.45) is 6.95. The van der Waals surface area contributed by atoms with Crippen molar-refractivity contribution < 1.29 is 14.7 Å². The SMILES string of the molecule is CC1CCCCC1NC(=O)CN1CCCC(CC(=O)O)C1. The van der Waals surface area contributed by atoms with Gasteiger partial charge < -0.3 is 10.4 Å². The summed E-state index contributed by atoms with van der Waals surface area (Å²) >= 11 is 0. The molecule has 5 heteroatoms. The lowest BCUT2D eigenvalue weighted by Crippen LogP contribution is -2.47. The normalized spacial score (nSPS) is 30.8. The molecule has 5 nitrogen and oxygen atoms in total. The molecule has 1 saturated carbocycles. The molecule has 1 heterocycles. The van der Waals surface area contributed by atoms with E-state index in [1.54, 1.807) is 0 Å². The van der Waals surface area contributed by atoms with Gasteiger partial charge in [-0.25, -0.2) is 0 Å². The molecule has 21 heavy (non-hydrogen) atoms. The fourth-order valence-corrected chi connectivity index (χ4v) is 3.69. The van der Waals surface area contributed by atoms with Crippen molar-refractivity contribution in [2.75, 3.05) is 19.6 Å². The summed E-state index contributed by atoms with van der Waals surface area (Å²) in [6, 6.07) is 0.325. The first kappa shape index (κ1) is 16.3. The summed E-state index contributed by atoms with van der Waals surface area (Å²) in [4.78, 5) is 25.1. The molecule has 120 valence electrons. The number of likely N-dealkylation sites (tertiary alicyclic amines) is 1. The molecule has 2 aliphatic rings. The van der Waals surface area contributed by atoms with Gasteiger partial charge in [-0.15, -0.1) is 0 Å². The molecule has 0 aromatic carbocycles.